The molecule has 20 heavy (non-hydrogen) atoms. The van der Waals surface area contributed by atoms with Crippen molar-refractivity contribution in [1.82, 2.24) is 5.32 Å². The molecule has 1 aromatic rings. The predicted molar refractivity (Wildman–Crippen MR) is 82.6 cm³/mol. The number of hydrogen-bond acceptors (Lipinski definition) is 4. The summed E-state index contributed by atoms with van der Waals surface area (Å²) in [4.78, 5) is 23.1. The van der Waals surface area contributed by atoms with E-state index in [-0.39, 0.29) is 24.7 Å². The average Bonchev–Trinajstić information content (AvgIpc) is 2.38. The topological polar surface area (TPSA) is 81.4 Å². The van der Waals surface area contributed by atoms with E-state index in [1.807, 2.05) is 24.3 Å². The van der Waals surface area contributed by atoms with Crippen LogP contribution in [0.5, 0.6) is 0 Å². The van der Waals surface area contributed by atoms with E-state index in [0.29, 0.717) is 0 Å². The number of amides is 1. The summed E-state index contributed by atoms with van der Waals surface area (Å²) in [6.07, 6.45) is 0.0661. The number of ether oxygens (including phenoxy) is 1. The maximum atomic E-state index is 11.7. The molecule has 7 heteroatoms. The monoisotopic (exact) mass is 364 g/mol. The van der Waals surface area contributed by atoms with E-state index in [9.17, 15) is 9.59 Å². The van der Waals surface area contributed by atoms with Gasteiger partial charge in [0.15, 0.2) is 0 Å². The Morgan fingerprint density at radius 2 is 1.90 bits per heavy atom. The fourth-order valence-corrected chi connectivity index (χ4v) is 1.76. The molecule has 112 valence electrons. The smallest absolute Gasteiger partial charge is 0.307 e. The van der Waals surface area contributed by atoms with Gasteiger partial charge >= 0.3 is 5.97 Å². The molecule has 0 saturated heterocycles. The second-order valence-corrected chi connectivity index (χ2v) is 5.10. The van der Waals surface area contributed by atoms with Crippen LogP contribution < -0.4 is 11.1 Å². The summed E-state index contributed by atoms with van der Waals surface area (Å²) in [6, 6.07) is 6.28. The number of benzene rings is 1. The molecule has 1 unspecified atom stereocenters. The van der Waals surface area contributed by atoms with Gasteiger partial charge in [-0.3, -0.25) is 9.59 Å². The molecule has 0 aliphatic rings. The van der Waals surface area contributed by atoms with E-state index in [1.54, 1.807) is 6.92 Å². The normalized spacial score (nSPS) is 12.8. The molecule has 0 spiro atoms. The van der Waals surface area contributed by atoms with E-state index in [2.05, 4.69) is 26.0 Å². The van der Waals surface area contributed by atoms with Crippen molar-refractivity contribution in [3.8, 4) is 0 Å². The van der Waals surface area contributed by atoms with Crippen LogP contribution in [0.3, 0.4) is 0 Å². The van der Waals surface area contributed by atoms with Crippen molar-refractivity contribution in [2.24, 2.45) is 5.73 Å². The van der Waals surface area contributed by atoms with Gasteiger partial charge in [-0.05, 0) is 24.6 Å². The first kappa shape index (κ1) is 18.9. The van der Waals surface area contributed by atoms with E-state index in [1.165, 1.54) is 7.11 Å². The Hall–Kier alpha value is -1.11. The number of nitrogens with one attached hydrogen (secondary N) is 1. The zero-order chi connectivity index (χ0) is 14.4. The molecule has 0 bridgehead atoms. The van der Waals surface area contributed by atoms with Crippen LogP contribution in [0.2, 0.25) is 0 Å². The van der Waals surface area contributed by atoms with Gasteiger partial charge in [0, 0.05) is 4.47 Å². The highest BCUT2D eigenvalue weighted by Crippen LogP contribution is 2.20. The van der Waals surface area contributed by atoms with Gasteiger partial charge in [-0.2, -0.15) is 0 Å². The minimum absolute atomic E-state index is 0. The zero-order valence-electron chi connectivity index (χ0n) is 11.3. The first-order valence-electron chi connectivity index (χ1n) is 5.82. The molecular formula is C13H18BrClN2O3. The van der Waals surface area contributed by atoms with E-state index in [4.69, 9.17) is 5.73 Å². The second kappa shape index (κ2) is 8.94. The molecule has 0 aliphatic heterocycles. The first-order chi connectivity index (χ1) is 8.93. The van der Waals surface area contributed by atoms with Gasteiger partial charge in [0.1, 0.15) is 0 Å². The lowest BCUT2D eigenvalue weighted by Crippen LogP contribution is -2.41. The molecule has 0 aromatic heterocycles. The van der Waals surface area contributed by atoms with Crippen molar-refractivity contribution in [2.45, 2.75) is 25.4 Å². The molecule has 3 N–H and O–H groups in total. The third-order valence-corrected chi connectivity index (χ3v) is 3.13. The van der Waals surface area contributed by atoms with Gasteiger partial charge in [-0.15, -0.1) is 12.4 Å². The number of esters is 1. The minimum Gasteiger partial charge on any atom is -0.469 e. The van der Waals surface area contributed by atoms with Gasteiger partial charge in [-0.1, -0.05) is 28.1 Å². The number of halogens is 2. The van der Waals surface area contributed by atoms with E-state index in [0.717, 1.165) is 10.0 Å². The van der Waals surface area contributed by atoms with Gasteiger partial charge in [0.2, 0.25) is 5.91 Å². The molecule has 0 saturated carbocycles. The Morgan fingerprint density at radius 3 is 2.35 bits per heavy atom. The van der Waals surface area contributed by atoms with Crippen molar-refractivity contribution in [3.05, 3.63) is 34.3 Å². The number of rotatable bonds is 5. The third-order valence-electron chi connectivity index (χ3n) is 2.60. The van der Waals surface area contributed by atoms with Crippen molar-refractivity contribution in [3.63, 3.8) is 0 Å². The van der Waals surface area contributed by atoms with Crippen LogP contribution in [-0.4, -0.2) is 25.0 Å². The summed E-state index contributed by atoms with van der Waals surface area (Å²) in [5, 5.41) is 2.74. The Bertz CT molecular complexity index is 451. The lowest BCUT2D eigenvalue weighted by molar-refractivity contribution is -0.141. The fraction of sp³-hybridized carbons (Fsp3) is 0.385. The van der Waals surface area contributed by atoms with Crippen LogP contribution in [0.15, 0.2) is 28.7 Å². The highest BCUT2D eigenvalue weighted by molar-refractivity contribution is 9.10. The molecule has 0 heterocycles. The van der Waals surface area contributed by atoms with Crippen molar-refractivity contribution >= 4 is 40.2 Å². The summed E-state index contributed by atoms with van der Waals surface area (Å²) in [5.74, 6) is -0.699. The molecule has 0 aliphatic carbocycles. The van der Waals surface area contributed by atoms with Gasteiger partial charge in [0.05, 0.1) is 25.6 Å². The fourth-order valence-electron chi connectivity index (χ4n) is 1.50. The number of nitrogens with two attached hydrogens (primary N) is 1. The van der Waals surface area contributed by atoms with Crippen molar-refractivity contribution in [1.29, 1.82) is 0 Å². The number of methoxy groups -OCH3 is 1. The molecule has 0 radical (unpaired) electrons. The molecule has 1 rings (SSSR count). The SMILES string of the molecule is COC(=O)CC(NC(=O)[C@H](C)N)c1ccc(Br)cc1.Cl. The predicted octanol–water partition coefficient (Wildman–Crippen LogP) is 1.94. The van der Waals surface area contributed by atoms with Gasteiger partial charge in [0.25, 0.3) is 0 Å². The van der Waals surface area contributed by atoms with E-state index >= 15 is 0 Å². The molecule has 5 nitrogen and oxygen atoms in total. The van der Waals surface area contributed by atoms with Crippen LogP contribution >= 0.6 is 28.3 Å². The van der Waals surface area contributed by atoms with Crippen LogP contribution in [-0.2, 0) is 14.3 Å². The molecule has 0 fully saturated rings. The summed E-state index contributed by atoms with van der Waals surface area (Å²) in [5.41, 5.74) is 6.34. The number of carbonyl (C=O) groups excluding carboxylic acids is 2. The number of carbonyl (C=O) groups is 2. The number of hydrogen-bond donors (Lipinski definition) is 2. The second-order valence-electron chi connectivity index (χ2n) is 4.18. The molecule has 1 aromatic carbocycles. The van der Waals surface area contributed by atoms with Crippen LogP contribution in [0.25, 0.3) is 0 Å². The highest BCUT2D eigenvalue weighted by atomic mass is 79.9. The minimum atomic E-state index is -0.629. The molecule has 2 atom stereocenters. The van der Waals surface area contributed by atoms with Crippen LogP contribution in [0, 0.1) is 0 Å². The first-order valence-corrected chi connectivity index (χ1v) is 6.61. The molecule has 1 amide bonds. The summed E-state index contributed by atoms with van der Waals surface area (Å²) in [7, 11) is 1.31. The Morgan fingerprint density at radius 1 is 1.35 bits per heavy atom. The Balaban J connectivity index is 0.00000361. The van der Waals surface area contributed by atoms with Crippen LogP contribution in [0.4, 0.5) is 0 Å². The zero-order valence-corrected chi connectivity index (χ0v) is 13.7. The highest BCUT2D eigenvalue weighted by Gasteiger charge is 2.20. The van der Waals surface area contributed by atoms with Gasteiger partial charge in [-0.25, -0.2) is 0 Å². The maximum Gasteiger partial charge on any atom is 0.307 e. The molecular weight excluding hydrogens is 348 g/mol. The lowest BCUT2D eigenvalue weighted by Gasteiger charge is -2.19. The van der Waals surface area contributed by atoms with E-state index < -0.39 is 18.1 Å². The maximum absolute atomic E-state index is 11.7. The lowest BCUT2D eigenvalue weighted by atomic mass is 10.0. The van der Waals surface area contributed by atoms with Gasteiger partial charge < -0.3 is 15.8 Å². The Kier molecular flexibility index (Phi) is 8.45. The largest absolute Gasteiger partial charge is 0.469 e. The van der Waals surface area contributed by atoms with Crippen molar-refractivity contribution < 1.29 is 14.3 Å². The summed E-state index contributed by atoms with van der Waals surface area (Å²) < 4.78 is 5.56. The quantitative estimate of drug-likeness (QED) is 0.781. The van der Waals surface area contributed by atoms with Crippen molar-refractivity contribution in [2.75, 3.05) is 7.11 Å². The third kappa shape index (κ3) is 5.90. The Labute approximate surface area is 132 Å². The average molecular weight is 366 g/mol. The summed E-state index contributed by atoms with van der Waals surface area (Å²) in [6.45, 7) is 1.59. The summed E-state index contributed by atoms with van der Waals surface area (Å²) >= 11 is 3.33. The standard InChI is InChI=1S/C13H17BrN2O3.ClH/c1-8(15)13(18)16-11(7-12(17)19-2)9-3-5-10(14)6-4-9;/h3-6,8,11H,7,15H2,1-2H3,(H,16,18);1H/t8-,11?;/m0./s1. The van der Waals surface area contributed by atoms with Crippen LogP contribution in [0.1, 0.15) is 24.9 Å².